The average molecular weight is 390 g/mol. The number of carboxylic acids is 1. The second kappa shape index (κ2) is 9.86. The normalized spacial score (nSPS) is 18.8. The number of rotatable bonds is 8. The highest BCUT2D eigenvalue weighted by molar-refractivity contribution is 8.16. The van der Waals surface area contributed by atoms with Gasteiger partial charge in [-0.2, -0.15) is 5.10 Å². The zero-order chi connectivity index (χ0) is 19.8. The highest BCUT2D eigenvalue weighted by Gasteiger charge is 2.39. The van der Waals surface area contributed by atoms with Crippen LogP contribution in [0.3, 0.4) is 0 Å². The number of esters is 1. The first-order chi connectivity index (χ1) is 12.9. The third kappa shape index (κ3) is 5.92. The van der Waals surface area contributed by atoms with Gasteiger partial charge < -0.3 is 14.6 Å². The van der Waals surface area contributed by atoms with E-state index in [1.165, 1.54) is 4.90 Å². The van der Waals surface area contributed by atoms with Crippen LogP contribution >= 0.6 is 11.8 Å². The fraction of sp³-hybridized carbons (Fsp3) is 0.389. The number of carbonyl (C=O) groups excluding carboxylic acids is 3. The van der Waals surface area contributed by atoms with E-state index >= 15 is 0 Å². The Labute approximate surface area is 161 Å². The highest BCUT2D eigenvalue weighted by Crippen LogP contribution is 2.33. The minimum Gasteiger partial charge on any atom is -0.550 e. The van der Waals surface area contributed by atoms with Crippen LogP contribution in [0.5, 0.6) is 0 Å². The number of amides is 1. The molecule has 0 unspecified atom stereocenters. The first-order valence-electron chi connectivity index (χ1n) is 8.44. The Balaban J connectivity index is 2.18. The predicted octanol–water partition coefficient (Wildman–Crippen LogP) is 1.35. The molecule has 0 aromatic heterocycles. The molecule has 0 aliphatic carbocycles. The Morgan fingerprint density at radius 2 is 1.96 bits per heavy atom. The molecule has 0 bridgehead atoms. The average Bonchev–Trinajstić information content (AvgIpc) is 2.94. The standard InChI is InChI=1S/C18H21N3O5S/c1-3-26-16(24)10-9-12(2)19-20-18-21(13-7-5-4-6-8-13)17(25)14(27-18)11-15(22)23/h4-8,14H,3,9-11H2,1-2H3,(H,22,23)/p-1/b19-12+,20-18-/t14-/m0/s1. The molecule has 1 amide bonds. The molecule has 8 nitrogen and oxygen atoms in total. The molecule has 1 aromatic carbocycles. The van der Waals surface area contributed by atoms with Gasteiger partial charge >= 0.3 is 5.97 Å². The molecular weight excluding hydrogens is 370 g/mol. The molecule has 1 saturated heterocycles. The van der Waals surface area contributed by atoms with Crippen LogP contribution in [-0.4, -0.2) is 40.6 Å². The maximum absolute atomic E-state index is 12.6. The van der Waals surface area contributed by atoms with Crippen molar-refractivity contribution in [1.29, 1.82) is 0 Å². The number of ether oxygens (including phenoxy) is 1. The minimum absolute atomic E-state index is 0.190. The van der Waals surface area contributed by atoms with Gasteiger partial charge in [0.1, 0.15) is 0 Å². The van der Waals surface area contributed by atoms with Crippen molar-refractivity contribution in [2.24, 2.45) is 10.2 Å². The lowest BCUT2D eigenvalue weighted by atomic mass is 10.2. The molecule has 2 rings (SSSR count). The van der Waals surface area contributed by atoms with Crippen LogP contribution < -0.4 is 10.0 Å². The third-order valence-corrected chi connectivity index (χ3v) is 4.73. The summed E-state index contributed by atoms with van der Waals surface area (Å²) in [7, 11) is 0. The van der Waals surface area contributed by atoms with Gasteiger partial charge in [-0.25, -0.2) is 0 Å². The van der Waals surface area contributed by atoms with Gasteiger partial charge in [0.25, 0.3) is 0 Å². The fourth-order valence-electron chi connectivity index (χ4n) is 2.33. The Hall–Kier alpha value is -2.68. The van der Waals surface area contributed by atoms with Gasteiger partial charge in [0.15, 0.2) is 5.17 Å². The number of carboxylic acid groups (broad SMARTS) is 1. The summed E-state index contributed by atoms with van der Waals surface area (Å²) in [5.74, 6) is -2.00. The lowest BCUT2D eigenvalue weighted by Gasteiger charge is -2.15. The van der Waals surface area contributed by atoms with Crippen molar-refractivity contribution in [2.45, 2.75) is 38.4 Å². The molecular formula is C18H20N3O5S-. The quantitative estimate of drug-likeness (QED) is 0.376. The van der Waals surface area contributed by atoms with E-state index in [0.29, 0.717) is 24.4 Å². The summed E-state index contributed by atoms with van der Waals surface area (Å²) in [5.41, 5.74) is 1.17. The summed E-state index contributed by atoms with van der Waals surface area (Å²) < 4.78 is 4.86. The monoisotopic (exact) mass is 390 g/mol. The van der Waals surface area contributed by atoms with Crippen molar-refractivity contribution in [3.63, 3.8) is 0 Å². The summed E-state index contributed by atoms with van der Waals surface area (Å²) in [5, 5.41) is 18.6. The van der Waals surface area contributed by atoms with E-state index in [1.54, 1.807) is 38.1 Å². The van der Waals surface area contributed by atoms with Crippen molar-refractivity contribution < 1.29 is 24.2 Å². The van der Waals surface area contributed by atoms with E-state index in [1.807, 2.05) is 6.07 Å². The van der Waals surface area contributed by atoms with E-state index in [-0.39, 0.29) is 23.5 Å². The Bertz CT molecular complexity index is 764. The number of thioether (sulfide) groups is 1. The molecule has 27 heavy (non-hydrogen) atoms. The lowest BCUT2D eigenvalue weighted by Crippen LogP contribution is -2.35. The SMILES string of the molecule is CCOC(=O)CC/C(C)=N/N=C1\S[C@@H](CC(=O)[O-])C(=O)N1c1ccccc1. The van der Waals surface area contributed by atoms with Gasteiger partial charge in [0, 0.05) is 18.1 Å². The van der Waals surface area contributed by atoms with Crippen molar-refractivity contribution >= 4 is 46.2 Å². The van der Waals surface area contributed by atoms with Crippen LogP contribution in [0, 0.1) is 0 Å². The first kappa shape index (κ1) is 20.6. The van der Waals surface area contributed by atoms with Crippen molar-refractivity contribution in [3.05, 3.63) is 30.3 Å². The fourth-order valence-corrected chi connectivity index (χ4v) is 3.40. The van der Waals surface area contributed by atoms with Gasteiger partial charge in [-0.05, 0) is 32.4 Å². The second-order valence-corrected chi connectivity index (χ2v) is 6.88. The molecule has 0 saturated carbocycles. The number of para-hydroxylation sites is 1. The van der Waals surface area contributed by atoms with Crippen LogP contribution in [0.1, 0.15) is 33.1 Å². The molecule has 144 valence electrons. The molecule has 0 radical (unpaired) electrons. The van der Waals surface area contributed by atoms with Crippen LogP contribution in [0.15, 0.2) is 40.5 Å². The summed E-state index contributed by atoms with van der Waals surface area (Å²) in [6, 6.07) is 8.80. The number of carbonyl (C=O) groups is 3. The molecule has 1 aliphatic heterocycles. The van der Waals surface area contributed by atoms with E-state index in [4.69, 9.17) is 4.74 Å². The van der Waals surface area contributed by atoms with E-state index < -0.39 is 17.6 Å². The number of hydrogen-bond acceptors (Lipinski definition) is 8. The van der Waals surface area contributed by atoms with Gasteiger partial charge in [-0.1, -0.05) is 30.0 Å². The van der Waals surface area contributed by atoms with Crippen LogP contribution in [0.25, 0.3) is 0 Å². The largest absolute Gasteiger partial charge is 0.550 e. The maximum Gasteiger partial charge on any atom is 0.306 e. The molecule has 9 heteroatoms. The summed E-state index contributed by atoms with van der Waals surface area (Å²) in [6.45, 7) is 3.78. The number of aliphatic carboxylic acids is 1. The highest BCUT2D eigenvalue weighted by atomic mass is 32.2. The molecule has 1 fully saturated rings. The molecule has 1 aliphatic rings. The Morgan fingerprint density at radius 3 is 2.59 bits per heavy atom. The topological polar surface area (TPSA) is 111 Å². The lowest BCUT2D eigenvalue weighted by molar-refractivity contribution is -0.305. The molecule has 1 heterocycles. The number of benzene rings is 1. The zero-order valence-electron chi connectivity index (χ0n) is 15.1. The smallest absolute Gasteiger partial charge is 0.306 e. The van der Waals surface area contributed by atoms with Crippen molar-refractivity contribution in [1.82, 2.24) is 0 Å². The first-order valence-corrected chi connectivity index (χ1v) is 9.32. The summed E-state index contributed by atoms with van der Waals surface area (Å²) in [4.78, 5) is 36.3. The molecule has 0 spiro atoms. The summed E-state index contributed by atoms with van der Waals surface area (Å²) >= 11 is 1.03. The van der Waals surface area contributed by atoms with Crippen LogP contribution in [-0.2, 0) is 19.1 Å². The number of amidine groups is 1. The van der Waals surface area contributed by atoms with Crippen molar-refractivity contribution in [3.8, 4) is 0 Å². The summed E-state index contributed by atoms with van der Waals surface area (Å²) in [6.07, 6.45) is 0.162. The van der Waals surface area contributed by atoms with Crippen LogP contribution in [0.2, 0.25) is 0 Å². The Kier molecular flexibility index (Phi) is 7.54. The van der Waals surface area contributed by atoms with Gasteiger partial charge in [-0.15, -0.1) is 5.10 Å². The number of nitrogens with zero attached hydrogens (tertiary/aromatic N) is 3. The zero-order valence-corrected chi connectivity index (χ0v) is 15.9. The van der Waals surface area contributed by atoms with E-state index in [2.05, 4.69) is 10.2 Å². The van der Waals surface area contributed by atoms with E-state index in [0.717, 1.165) is 11.8 Å². The van der Waals surface area contributed by atoms with Crippen molar-refractivity contribution in [2.75, 3.05) is 11.5 Å². The number of hydrogen-bond donors (Lipinski definition) is 0. The van der Waals surface area contributed by atoms with E-state index in [9.17, 15) is 19.5 Å². The maximum atomic E-state index is 12.6. The van der Waals surface area contributed by atoms with Gasteiger partial charge in [-0.3, -0.25) is 14.5 Å². The Morgan fingerprint density at radius 1 is 1.26 bits per heavy atom. The second-order valence-electron chi connectivity index (χ2n) is 5.71. The minimum atomic E-state index is -1.30. The van der Waals surface area contributed by atoms with Crippen LogP contribution in [0.4, 0.5) is 5.69 Å². The molecule has 1 aromatic rings. The predicted molar refractivity (Wildman–Crippen MR) is 101 cm³/mol. The molecule has 0 N–H and O–H groups in total. The molecule has 1 atom stereocenters. The number of anilines is 1. The van der Waals surface area contributed by atoms with Gasteiger partial charge in [0.05, 0.1) is 24.0 Å². The van der Waals surface area contributed by atoms with Gasteiger partial charge in [0.2, 0.25) is 5.91 Å². The third-order valence-electron chi connectivity index (χ3n) is 3.60.